The Morgan fingerprint density at radius 1 is 0.391 bits per heavy atom. The fraction of sp³-hybridized carbons (Fsp3) is 0.873. The summed E-state index contributed by atoms with van der Waals surface area (Å²) in [5.74, 6) is -0.0728. The summed E-state index contributed by atoms with van der Waals surface area (Å²) < 4.78 is 5.46. The number of hydrogen-bond donors (Lipinski definition) is 3. The monoisotopic (exact) mass is 970 g/mol. The lowest BCUT2D eigenvalue weighted by Gasteiger charge is -2.20. The Kier molecular flexibility index (Phi) is 57.0. The molecule has 0 aliphatic rings. The van der Waals surface area contributed by atoms with Crippen molar-refractivity contribution in [2.45, 2.75) is 341 Å². The quantitative estimate of drug-likeness (QED) is 0.0321. The van der Waals surface area contributed by atoms with E-state index < -0.39 is 12.1 Å². The summed E-state index contributed by atoms with van der Waals surface area (Å²) in [5, 5.41) is 23.2. The third kappa shape index (κ3) is 55.2. The van der Waals surface area contributed by atoms with E-state index in [4.69, 9.17) is 4.74 Å². The van der Waals surface area contributed by atoms with Crippen LogP contribution < -0.4 is 5.32 Å². The molecule has 3 N–H and O–H groups in total. The van der Waals surface area contributed by atoms with Gasteiger partial charge in [-0.3, -0.25) is 9.59 Å². The molecule has 6 heteroatoms. The summed E-state index contributed by atoms with van der Waals surface area (Å²) in [7, 11) is 0. The van der Waals surface area contributed by atoms with Crippen LogP contribution in [0, 0.1) is 0 Å². The molecule has 0 aliphatic heterocycles. The van der Waals surface area contributed by atoms with Crippen molar-refractivity contribution in [2.75, 3.05) is 13.2 Å². The fourth-order valence-corrected chi connectivity index (χ4v) is 9.38. The van der Waals surface area contributed by atoms with Crippen molar-refractivity contribution in [1.29, 1.82) is 0 Å². The molecule has 0 aliphatic carbocycles. The highest BCUT2D eigenvalue weighted by atomic mass is 16.5. The van der Waals surface area contributed by atoms with Crippen LogP contribution in [-0.2, 0) is 14.3 Å². The van der Waals surface area contributed by atoms with Crippen molar-refractivity contribution in [3.63, 3.8) is 0 Å². The number of rotatable bonds is 57. The van der Waals surface area contributed by atoms with Crippen LogP contribution in [0.3, 0.4) is 0 Å². The van der Waals surface area contributed by atoms with Gasteiger partial charge in [-0.25, -0.2) is 0 Å². The van der Waals surface area contributed by atoms with Crippen LogP contribution in [0.4, 0.5) is 0 Å². The van der Waals surface area contributed by atoms with Crippen molar-refractivity contribution in [3.05, 3.63) is 36.5 Å². The molecule has 1 amide bonds. The molecule has 2 atom stereocenters. The van der Waals surface area contributed by atoms with E-state index in [1.54, 1.807) is 6.08 Å². The third-order valence-corrected chi connectivity index (χ3v) is 14.1. The Hall–Kier alpha value is -1.92. The number of hydrogen-bond acceptors (Lipinski definition) is 5. The number of esters is 1. The van der Waals surface area contributed by atoms with Gasteiger partial charge in [-0.05, 0) is 77.0 Å². The minimum absolute atomic E-state index is 0.000226. The lowest BCUT2D eigenvalue weighted by Crippen LogP contribution is -2.45. The first-order valence-electron chi connectivity index (χ1n) is 30.8. The normalized spacial score (nSPS) is 12.8. The maximum absolute atomic E-state index is 12.5. The zero-order chi connectivity index (χ0) is 50.0. The van der Waals surface area contributed by atoms with Gasteiger partial charge in [-0.15, -0.1) is 0 Å². The number of allylic oxidation sites excluding steroid dienone is 5. The number of nitrogens with one attached hydrogen (secondary N) is 1. The van der Waals surface area contributed by atoms with Gasteiger partial charge in [0, 0.05) is 12.8 Å². The molecule has 0 saturated carbocycles. The molecule has 6 nitrogen and oxygen atoms in total. The molecular weight excluding hydrogens is 851 g/mol. The van der Waals surface area contributed by atoms with E-state index >= 15 is 0 Å². The number of ether oxygens (including phenoxy) is 1. The summed E-state index contributed by atoms with van der Waals surface area (Å²) in [6.45, 7) is 4.88. The number of amides is 1. The molecule has 0 spiro atoms. The number of carbonyl (C=O) groups is 2. The van der Waals surface area contributed by atoms with Gasteiger partial charge in [0.2, 0.25) is 5.91 Å². The molecule has 69 heavy (non-hydrogen) atoms. The number of aliphatic hydroxyl groups excluding tert-OH is 2. The van der Waals surface area contributed by atoms with Gasteiger partial charge in [0.25, 0.3) is 0 Å². The molecule has 0 fully saturated rings. The number of carbonyl (C=O) groups excluding carboxylic acids is 2. The Morgan fingerprint density at radius 3 is 1.07 bits per heavy atom. The van der Waals surface area contributed by atoms with E-state index in [9.17, 15) is 19.8 Å². The molecule has 0 heterocycles. The Bertz CT molecular complexity index is 1120. The molecule has 0 radical (unpaired) electrons. The second-order valence-corrected chi connectivity index (χ2v) is 21.0. The zero-order valence-electron chi connectivity index (χ0n) is 46.3. The van der Waals surface area contributed by atoms with E-state index in [0.717, 1.165) is 51.4 Å². The Labute approximate surface area is 430 Å². The van der Waals surface area contributed by atoms with E-state index in [1.807, 2.05) is 6.08 Å². The highest BCUT2D eigenvalue weighted by Gasteiger charge is 2.18. The average Bonchev–Trinajstić information content (AvgIpc) is 3.35. The zero-order valence-corrected chi connectivity index (χ0v) is 46.3. The van der Waals surface area contributed by atoms with E-state index in [0.29, 0.717) is 19.4 Å². The molecule has 0 aromatic carbocycles. The summed E-state index contributed by atoms with van der Waals surface area (Å²) in [6, 6.07) is -0.633. The molecular formula is C63H119NO5. The van der Waals surface area contributed by atoms with E-state index in [2.05, 4.69) is 43.5 Å². The first kappa shape index (κ1) is 67.1. The first-order valence-corrected chi connectivity index (χ1v) is 30.8. The minimum atomic E-state index is -0.849. The molecule has 0 aromatic rings. The van der Waals surface area contributed by atoms with Gasteiger partial charge in [-0.2, -0.15) is 0 Å². The summed E-state index contributed by atoms with van der Waals surface area (Å²) in [6.07, 6.45) is 73.2. The van der Waals surface area contributed by atoms with Gasteiger partial charge in [0.05, 0.1) is 25.4 Å². The largest absolute Gasteiger partial charge is 0.466 e. The van der Waals surface area contributed by atoms with Crippen molar-refractivity contribution >= 4 is 11.9 Å². The summed E-state index contributed by atoms with van der Waals surface area (Å²) in [5.41, 5.74) is 0. The van der Waals surface area contributed by atoms with Gasteiger partial charge in [0.15, 0.2) is 0 Å². The third-order valence-electron chi connectivity index (χ3n) is 14.1. The lowest BCUT2D eigenvalue weighted by atomic mass is 10.0. The molecule has 406 valence electrons. The fourth-order valence-electron chi connectivity index (χ4n) is 9.38. The maximum Gasteiger partial charge on any atom is 0.305 e. The van der Waals surface area contributed by atoms with Crippen LogP contribution in [0.15, 0.2) is 36.5 Å². The highest BCUT2D eigenvalue weighted by Crippen LogP contribution is 2.17. The Morgan fingerprint density at radius 2 is 0.696 bits per heavy atom. The van der Waals surface area contributed by atoms with E-state index in [-0.39, 0.29) is 18.5 Å². The van der Waals surface area contributed by atoms with Crippen LogP contribution >= 0.6 is 0 Å². The van der Waals surface area contributed by atoms with E-state index in [1.165, 1.54) is 250 Å². The number of aliphatic hydroxyl groups is 2. The maximum atomic E-state index is 12.5. The van der Waals surface area contributed by atoms with Gasteiger partial charge < -0.3 is 20.3 Å². The average molecular weight is 971 g/mol. The van der Waals surface area contributed by atoms with Crippen LogP contribution in [0.5, 0.6) is 0 Å². The van der Waals surface area contributed by atoms with Crippen LogP contribution in [-0.4, -0.2) is 47.4 Å². The molecule has 0 rings (SSSR count). The number of unbranched alkanes of at least 4 members (excludes halogenated alkanes) is 42. The highest BCUT2D eigenvalue weighted by molar-refractivity contribution is 5.76. The molecule has 0 aromatic heterocycles. The smallest absolute Gasteiger partial charge is 0.305 e. The molecule has 2 unspecified atom stereocenters. The van der Waals surface area contributed by atoms with Gasteiger partial charge in [0.1, 0.15) is 0 Å². The second kappa shape index (κ2) is 58.6. The predicted octanol–water partition coefficient (Wildman–Crippen LogP) is 19.2. The topological polar surface area (TPSA) is 95.9 Å². The SMILES string of the molecule is CCCC/C=C\CCCCCCCC(=O)OCCCCCCCCCCCCCC/C=C\CCCCCCCCCC(=O)NC(CO)C(O)/C=C/CCCCCCCCCCCCCCCCCC. The summed E-state index contributed by atoms with van der Waals surface area (Å²) in [4.78, 5) is 24.5. The van der Waals surface area contributed by atoms with Crippen LogP contribution in [0.1, 0.15) is 328 Å². The van der Waals surface area contributed by atoms with Gasteiger partial charge in [-0.1, -0.05) is 275 Å². The standard InChI is InChI=1S/C63H119NO5/c1-3-5-7-9-11-13-15-16-17-18-26-29-32-36-39-43-47-51-55-61(66)60(59-65)64-62(67)56-52-48-44-40-37-33-30-27-24-22-20-19-21-23-25-28-31-34-38-42-46-50-54-58-69-63(68)57-53-49-45-41-35-14-12-10-8-6-4-2/h10,12,22,24,51,55,60-61,65-66H,3-9,11,13-21,23,25-50,52-54,56-59H2,1-2H3,(H,64,67)/b12-10-,24-22-,55-51+. The molecule has 0 saturated heterocycles. The predicted molar refractivity (Wildman–Crippen MR) is 301 cm³/mol. The van der Waals surface area contributed by atoms with Crippen molar-refractivity contribution < 1.29 is 24.5 Å². The second-order valence-electron chi connectivity index (χ2n) is 21.0. The van der Waals surface area contributed by atoms with Crippen molar-refractivity contribution in [1.82, 2.24) is 5.32 Å². The van der Waals surface area contributed by atoms with Crippen LogP contribution in [0.2, 0.25) is 0 Å². The summed E-state index contributed by atoms with van der Waals surface area (Å²) >= 11 is 0. The Balaban J connectivity index is 3.45. The van der Waals surface area contributed by atoms with Crippen molar-refractivity contribution in [2.24, 2.45) is 0 Å². The van der Waals surface area contributed by atoms with Crippen molar-refractivity contribution in [3.8, 4) is 0 Å². The van der Waals surface area contributed by atoms with Gasteiger partial charge >= 0.3 is 5.97 Å². The van der Waals surface area contributed by atoms with Crippen LogP contribution in [0.25, 0.3) is 0 Å². The lowest BCUT2D eigenvalue weighted by molar-refractivity contribution is -0.143. The molecule has 0 bridgehead atoms. The minimum Gasteiger partial charge on any atom is -0.466 e. The first-order chi connectivity index (χ1) is 34.0.